The Balaban J connectivity index is 2.54. The summed E-state index contributed by atoms with van der Waals surface area (Å²) in [6.45, 7) is 11.6. The van der Waals surface area contributed by atoms with E-state index in [4.69, 9.17) is 5.73 Å². The van der Waals surface area contributed by atoms with Crippen molar-refractivity contribution in [2.45, 2.75) is 85.6 Å². The monoisotopic (exact) mass is 296 g/mol. The van der Waals surface area contributed by atoms with Crippen LogP contribution in [0.25, 0.3) is 0 Å². The molecule has 21 heavy (non-hydrogen) atoms. The van der Waals surface area contributed by atoms with Gasteiger partial charge in [0.2, 0.25) is 5.91 Å². The van der Waals surface area contributed by atoms with Crippen LogP contribution in [-0.4, -0.2) is 18.5 Å². The van der Waals surface area contributed by atoms with Crippen LogP contribution in [0.15, 0.2) is 0 Å². The Morgan fingerprint density at radius 2 is 1.57 bits per heavy atom. The second-order valence-electron chi connectivity index (χ2n) is 7.56. The third-order valence-electron chi connectivity index (χ3n) is 6.30. The largest absolute Gasteiger partial charge is 0.353 e. The van der Waals surface area contributed by atoms with Gasteiger partial charge in [-0.25, -0.2) is 0 Å². The lowest BCUT2D eigenvalue weighted by Gasteiger charge is -2.40. The van der Waals surface area contributed by atoms with Gasteiger partial charge in [0, 0.05) is 12.6 Å². The van der Waals surface area contributed by atoms with E-state index >= 15 is 0 Å². The fourth-order valence-corrected chi connectivity index (χ4v) is 3.60. The first-order valence-corrected chi connectivity index (χ1v) is 8.86. The fourth-order valence-electron chi connectivity index (χ4n) is 3.60. The van der Waals surface area contributed by atoms with E-state index in [-0.39, 0.29) is 11.3 Å². The highest BCUT2D eigenvalue weighted by Gasteiger charge is 2.36. The van der Waals surface area contributed by atoms with Crippen molar-refractivity contribution in [2.75, 3.05) is 6.54 Å². The van der Waals surface area contributed by atoms with E-state index in [1.54, 1.807) is 0 Å². The third kappa shape index (κ3) is 4.21. The van der Waals surface area contributed by atoms with Gasteiger partial charge in [-0.15, -0.1) is 0 Å². The van der Waals surface area contributed by atoms with Crippen molar-refractivity contribution in [3.05, 3.63) is 0 Å². The highest BCUT2D eigenvalue weighted by molar-refractivity contribution is 5.83. The first kappa shape index (κ1) is 18.5. The van der Waals surface area contributed by atoms with Crippen LogP contribution in [0.2, 0.25) is 0 Å². The Morgan fingerprint density at radius 1 is 1.05 bits per heavy atom. The summed E-state index contributed by atoms with van der Waals surface area (Å²) in [5, 5.41) is 3.28. The highest BCUT2D eigenvalue weighted by Crippen LogP contribution is 2.40. The Kier molecular flexibility index (Phi) is 6.71. The van der Waals surface area contributed by atoms with Crippen LogP contribution < -0.4 is 11.1 Å². The van der Waals surface area contributed by atoms with Crippen LogP contribution in [0.1, 0.15) is 79.6 Å². The second-order valence-corrected chi connectivity index (χ2v) is 7.56. The summed E-state index contributed by atoms with van der Waals surface area (Å²) in [7, 11) is 0. The lowest BCUT2D eigenvalue weighted by atomic mass is 9.68. The van der Waals surface area contributed by atoms with E-state index in [1.165, 1.54) is 19.3 Å². The summed E-state index contributed by atoms with van der Waals surface area (Å²) < 4.78 is 0. The van der Waals surface area contributed by atoms with Crippen molar-refractivity contribution >= 4 is 5.91 Å². The average Bonchev–Trinajstić information content (AvgIpc) is 2.50. The maximum atomic E-state index is 12.6. The Morgan fingerprint density at radius 3 is 1.95 bits per heavy atom. The van der Waals surface area contributed by atoms with Gasteiger partial charge in [0.25, 0.3) is 0 Å². The lowest BCUT2D eigenvalue weighted by Crippen LogP contribution is -2.50. The zero-order valence-electron chi connectivity index (χ0n) is 14.8. The van der Waals surface area contributed by atoms with Gasteiger partial charge in [0.15, 0.2) is 0 Å². The molecule has 0 spiro atoms. The normalized spacial score (nSPS) is 23.9. The minimum Gasteiger partial charge on any atom is -0.353 e. The molecule has 0 unspecified atom stereocenters. The first-order chi connectivity index (χ1) is 9.85. The summed E-state index contributed by atoms with van der Waals surface area (Å²) in [5.41, 5.74) is 5.94. The number of hydrogen-bond donors (Lipinski definition) is 2. The van der Waals surface area contributed by atoms with Crippen molar-refractivity contribution in [3.63, 3.8) is 0 Å². The fraction of sp³-hybridized carbons (Fsp3) is 0.944. The number of rotatable bonds is 7. The van der Waals surface area contributed by atoms with Crippen LogP contribution in [0.3, 0.4) is 0 Å². The maximum Gasteiger partial charge on any atom is 0.227 e. The van der Waals surface area contributed by atoms with Crippen molar-refractivity contribution in [2.24, 2.45) is 22.5 Å². The molecule has 0 aromatic heterocycles. The summed E-state index contributed by atoms with van der Waals surface area (Å²) in [4.78, 5) is 12.6. The molecular weight excluding hydrogens is 260 g/mol. The van der Waals surface area contributed by atoms with Crippen LogP contribution in [0.5, 0.6) is 0 Å². The predicted molar refractivity (Wildman–Crippen MR) is 90.0 cm³/mol. The third-order valence-corrected chi connectivity index (χ3v) is 6.30. The van der Waals surface area contributed by atoms with Crippen molar-refractivity contribution in [1.82, 2.24) is 5.32 Å². The minimum atomic E-state index is -0.362. The van der Waals surface area contributed by atoms with Gasteiger partial charge in [-0.2, -0.15) is 0 Å². The van der Waals surface area contributed by atoms with Gasteiger partial charge in [-0.05, 0) is 49.9 Å². The second kappa shape index (κ2) is 7.62. The molecule has 3 heteroatoms. The quantitative estimate of drug-likeness (QED) is 0.749. The molecule has 124 valence electrons. The molecule has 1 rings (SSSR count). The van der Waals surface area contributed by atoms with Gasteiger partial charge in [0.05, 0.1) is 5.41 Å². The number of nitrogens with one attached hydrogen (secondary N) is 1. The van der Waals surface area contributed by atoms with Crippen molar-refractivity contribution < 1.29 is 4.79 Å². The van der Waals surface area contributed by atoms with E-state index in [2.05, 4.69) is 39.9 Å². The Hall–Kier alpha value is -0.570. The Labute approximate surface area is 131 Å². The van der Waals surface area contributed by atoms with Crippen LogP contribution in [0, 0.1) is 16.7 Å². The molecule has 0 aliphatic heterocycles. The number of carbonyl (C=O) groups excluding carboxylic acids is 1. The molecule has 3 N–H and O–H groups in total. The van der Waals surface area contributed by atoms with E-state index in [0.717, 1.165) is 31.6 Å². The standard InChI is InChI=1S/C18H36N2O/c1-6-17(4,5)14-9-11-15(12-10-14)20-16(21)18(7-2,8-3)13-19/h14-15H,6-13,19H2,1-5H3,(H,20,21). The van der Waals surface area contributed by atoms with E-state index in [9.17, 15) is 4.79 Å². The van der Waals surface area contributed by atoms with Crippen LogP contribution >= 0.6 is 0 Å². The molecule has 1 amide bonds. The smallest absolute Gasteiger partial charge is 0.227 e. The zero-order chi connectivity index (χ0) is 16.1. The van der Waals surface area contributed by atoms with Crippen LogP contribution in [-0.2, 0) is 4.79 Å². The SMILES string of the molecule is CCC(CC)(CN)C(=O)NC1CCC(C(C)(C)CC)CC1. The number of carbonyl (C=O) groups is 1. The minimum absolute atomic E-state index is 0.174. The van der Waals surface area contributed by atoms with Gasteiger partial charge in [-0.3, -0.25) is 4.79 Å². The van der Waals surface area contributed by atoms with Crippen molar-refractivity contribution in [3.8, 4) is 0 Å². The molecule has 0 heterocycles. The van der Waals surface area contributed by atoms with E-state index in [0.29, 0.717) is 18.0 Å². The van der Waals surface area contributed by atoms with Gasteiger partial charge >= 0.3 is 0 Å². The molecular formula is C18H36N2O. The number of hydrogen-bond acceptors (Lipinski definition) is 2. The topological polar surface area (TPSA) is 55.1 Å². The summed E-state index contributed by atoms with van der Waals surface area (Å²) >= 11 is 0. The van der Waals surface area contributed by atoms with Gasteiger partial charge in [-0.1, -0.05) is 41.0 Å². The molecule has 1 fully saturated rings. The summed E-state index contributed by atoms with van der Waals surface area (Å²) in [6.07, 6.45) is 7.59. The molecule has 0 bridgehead atoms. The van der Waals surface area contributed by atoms with E-state index in [1.807, 2.05) is 0 Å². The summed E-state index contributed by atoms with van der Waals surface area (Å²) in [5.74, 6) is 0.973. The number of amides is 1. The first-order valence-electron chi connectivity index (χ1n) is 8.86. The Bertz CT molecular complexity index is 318. The average molecular weight is 296 g/mol. The van der Waals surface area contributed by atoms with Gasteiger partial charge in [0.1, 0.15) is 0 Å². The molecule has 0 radical (unpaired) electrons. The zero-order valence-corrected chi connectivity index (χ0v) is 14.8. The van der Waals surface area contributed by atoms with Crippen molar-refractivity contribution in [1.29, 1.82) is 0 Å². The molecule has 1 aliphatic carbocycles. The summed E-state index contributed by atoms with van der Waals surface area (Å²) in [6, 6.07) is 0.352. The predicted octanol–water partition coefficient (Wildman–Crippen LogP) is 3.86. The number of nitrogens with two attached hydrogens (primary N) is 1. The lowest BCUT2D eigenvalue weighted by molar-refractivity contribution is -0.132. The van der Waals surface area contributed by atoms with E-state index < -0.39 is 0 Å². The molecule has 0 saturated heterocycles. The maximum absolute atomic E-state index is 12.6. The molecule has 1 aliphatic rings. The molecule has 0 atom stereocenters. The molecule has 0 aromatic carbocycles. The van der Waals surface area contributed by atoms with Crippen LogP contribution in [0.4, 0.5) is 0 Å². The molecule has 0 aromatic rings. The highest BCUT2D eigenvalue weighted by atomic mass is 16.2. The molecule has 1 saturated carbocycles. The van der Waals surface area contributed by atoms with Gasteiger partial charge < -0.3 is 11.1 Å². The molecule has 3 nitrogen and oxygen atoms in total.